The molecule has 1 saturated carbocycles. The van der Waals surface area contributed by atoms with Crippen molar-refractivity contribution in [1.82, 2.24) is 10.3 Å². The van der Waals surface area contributed by atoms with Crippen molar-refractivity contribution < 1.29 is 22.9 Å². The first-order valence-electron chi connectivity index (χ1n) is 11.6. The third-order valence-electron chi connectivity index (χ3n) is 6.94. The average Bonchev–Trinajstić information content (AvgIpc) is 3.60. The van der Waals surface area contributed by atoms with E-state index in [1.807, 2.05) is 12.1 Å². The van der Waals surface area contributed by atoms with Gasteiger partial charge in [0.15, 0.2) is 0 Å². The van der Waals surface area contributed by atoms with Crippen molar-refractivity contribution in [3.8, 4) is 22.6 Å². The second kappa shape index (κ2) is 9.55. The van der Waals surface area contributed by atoms with E-state index in [9.17, 15) is 18.5 Å². The molecule has 1 amide bonds. The molecule has 2 aromatic heterocycles. The van der Waals surface area contributed by atoms with E-state index in [0.717, 1.165) is 18.4 Å². The number of rotatable bonds is 7. The highest BCUT2D eigenvalue weighted by molar-refractivity contribution is 7.85. The van der Waals surface area contributed by atoms with Gasteiger partial charge in [-0.05, 0) is 54.8 Å². The molecule has 0 bridgehead atoms. The molecule has 0 radical (unpaired) electrons. The van der Waals surface area contributed by atoms with Gasteiger partial charge in [0.2, 0.25) is 0 Å². The van der Waals surface area contributed by atoms with Crippen LogP contribution in [0.5, 0.6) is 0 Å². The maximum atomic E-state index is 13.6. The number of benzene rings is 2. The fraction of sp³-hybridized carbons (Fsp3) is 0.259. The Bertz CT molecular complexity index is 1550. The standard InChI is InChI=1S/C27H25ClFN3O4S/c1-30-26(34)23-18-12-17(20-9-8-19(25(28)31-20)27(14-33)10-11-27)21(32(2)37(3)35)13-22(18)36-24(23)15-4-6-16(29)7-5-15/h4-9,12-13,33H,10-11,14H2,1-3H3,(H,30,34). The molecule has 1 aliphatic carbocycles. The second-order valence-electron chi connectivity index (χ2n) is 9.15. The predicted molar refractivity (Wildman–Crippen MR) is 144 cm³/mol. The number of fused-ring (bicyclic) bond motifs is 1. The number of furan rings is 1. The van der Waals surface area contributed by atoms with Crippen molar-refractivity contribution in [2.24, 2.45) is 0 Å². The average molecular weight is 542 g/mol. The molecule has 2 N–H and O–H groups in total. The van der Waals surface area contributed by atoms with Gasteiger partial charge in [-0.25, -0.2) is 13.6 Å². The number of hydrogen-bond acceptors (Lipinski definition) is 5. The largest absolute Gasteiger partial charge is 0.455 e. The molecule has 10 heteroatoms. The monoisotopic (exact) mass is 541 g/mol. The Labute approximate surface area is 220 Å². The summed E-state index contributed by atoms with van der Waals surface area (Å²) in [5.41, 5.74) is 3.35. The third kappa shape index (κ3) is 4.41. The molecular weight excluding hydrogens is 517 g/mol. The van der Waals surface area contributed by atoms with Crippen molar-refractivity contribution in [3.63, 3.8) is 0 Å². The summed E-state index contributed by atoms with van der Waals surface area (Å²) in [6.07, 6.45) is 3.24. The van der Waals surface area contributed by atoms with Gasteiger partial charge in [0.25, 0.3) is 5.91 Å². The highest BCUT2D eigenvalue weighted by Gasteiger charge is 2.45. The maximum absolute atomic E-state index is 13.6. The van der Waals surface area contributed by atoms with Crippen LogP contribution in [0.4, 0.5) is 10.1 Å². The highest BCUT2D eigenvalue weighted by Crippen LogP contribution is 2.50. The first-order chi connectivity index (χ1) is 17.7. The van der Waals surface area contributed by atoms with Gasteiger partial charge in [-0.15, -0.1) is 0 Å². The molecule has 4 aromatic rings. The van der Waals surface area contributed by atoms with E-state index >= 15 is 0 Å². The van der Waals surface area contributed by atoms with Crippen LogP contribution in [0.25, 0.3) is 33.6 Å². The van der Waals surface area contributed by atoms with Gasteiger partial charge >= 0.3 is 0 Å². The Morgan fingerprint density at radius 2 is 1.95 bits per heavy atom. The maximum Gasteiger partial charge on any atom is 0.255 e. The molecule has 37 heavy (non-hydrogen) atoms. The Balaban J connectivity index is 1.76. The smallest absolute Gasteiger partial charge is 0.255 e. The van der Waals surface area contributed by atoms with Crippen molar-refractivity contribution in [1.29, 1.82) is 0 Å². The topological polar surface area (TPSA) is 95.7 Å². The van der Waals surface area contributed by atoms with Gasteiger partial charge in [-0.2, -0.15) is 0 Å². The van der Waals surface area contributed by atoms with E-state index < -0.39 is 16.8 Å². The van der Waals surface area contributed by atoms with Crippen LogP contribution in [-0.2, 0) is 16.4 Å². The number of amides is 1. The first-order valence-corrected chi connectivity index (χ1v) is 13.5. The van der Waals surface area contributed by atoms with Gasteiger partial charge in [-0.3, -0.25) is 9.10 Å². The van der Waals surface area contributed by atoms with Crippen molar-refractivity contribution in [2.75, 3.05) is 31.3 Å². The van der Waals surface area contributed by atoms with Crippen LogP contribution in [0.3, 0.4) is 0 Å². The molecule has 1 aliphatic rings. The summed E-state index contributed by atoms with van der Waals surface area (Å²) in [4.78, 5) is 17.6. The number of carbonyl (C=O) groups excluding carboxylic acids is 1. The molecule has 1 unspecified atom stereocenters. The number of nitrogens with one attached hydrogen (secondary N) is 1. The quantitative estimate of drug-likeness (QED) is 0.319. The predicted octanol–water partition coefficient (Wildman–Crippen LogP) is 5.07. The summed E-state index contributed by atoms with van der Waals surface area (Å²) in [6.45, 7) is -0.000812. The van der Waals surface area contributed by atoms with Gasteiger partial charge in [0.1, 0.15) is 33.3 Å². The van der Waals surface area contributed by atoms with Crippen LogP contribution in [0, 0.1) is 5.82 Å². The summed E-state index contributed by atoms with van der Waals surface area (Å²) < 4.78 is 33.8. The number of pyridine rings is 1. The third-order valence-corrected chi connectivity index (χ3v) is 8.20. The van der Waals surface area contributed by atoms with E-state index in [4.69, 9.17) is 16.0 Å². The van der Waals surface area contributed by atoms with Crippen molar-refractivity contribution in [3.05, 3.63) is 70.6 Å². The summed E-state index contributed by atoms with van der Waals surface area (Å²) in [5, 5.41) is 13.3. The van der Waals surface area contributed by atoms with Crippen LogP contribution < -0.4 is 9.62 Å². The van der Waals surface area contributed by atoms with Crippen LogP contribution in [0.1, 0.15) is 28.8 Å². The Kier molecular flexibility index (Phi) is 6.55. The Morgan fingerprint density at radius 1 is 1.24 bits per heavy atom. The molecule has 2 heterocycles. The molecule has 1 atom stereocenters. The minimum Gasteiger partial charge on any atom is -0.455 e. The molecule has 1 fully saturated rings. The molecule has 2 aromatic carbocycles. The lowest BCUT2D eigenvalue weighted by molar-refractivity contribution is 0.0964. The zero-order chi connectivity index (χ0) is 26.5. The van der Waals surface area contributed by atoms with Crippen molar-refractivity contribution in [2.45, 2.75) is 18.3 Å². The first kappa shape index (κ1) is 25.4. The number of halogens is 2. The van der Waals surface area contributed by atoms with Gasteiger partial charge < -0.3 is 14.8 Å². The van der Waals surface area contributed by atoms with Crippen molar-refractivity contribution >= 4 is 45.2 Å². The summed E-state index contributed by atoms with van der Waals surface area (Å²) in [7, 11) is 1.83. The number of aliphatic hydroxyl groups excluding tert-OH is 1. The summed E-state index contributed by atoms with van der Waals surface area (Å²) in [6, 6.07) is 12.9. The second-order valence-corrected chi connectivity index (χ2v) is 10.9. The van der Waals surface area contributed by atoms with Crippen LogP contribution in [-0.4, -0.2) is 47.2 Å². The Hall–Kier alpha value is -3.27. The van der Waals surface area contributed by atoms with E-state index in [1.165, 1.54) is 19.2 Å². The molecule has 0 spiro atoms. The molecule has 5 rings (SSSR count). The zero-order valence-electron chi connectivity index (χ0n) is 20.5. The lowest BCUT2D eigenvalue weighted by Gasteiger charge is -2.20. The SMILES string of the molecule is CNC(=O)c1c(-c2ccc(F)cc2)oc2cc(N(C)S(C)=O)c(-c3ccc(C4(CO)CC4)c(Cl)n3)cc12. The summed E-state index contributed by atoms with van der Waals surface area (Å²) in [5.74, 6) is -0.486. The normalized spacial score (nSPS) is 15.0. The zero-order valence-corrected chi connectivity index (χ0v) is 22.0. The van der Waals surface area contributed by atoms with Crippen LogP contribution in [0.15, 0.2) is 52.9 Å². The number of anilines is 1. The number of carbonyl (C=O) groups is 1. The molecular formula is C27H25ClFN3O4S. The number of aliphatic hydroxyl groups is 1. The van der Waals surface area contributed by atoms with Gasteiger partial charge in [0.05, 0.1) is 23.6 Å². The van der Waals surface area contributed by atoms with E-state index in [2.05, 4.69) is 10.3 Å². The van der Waals surface area contributed by atoms with E-state index in [0.29, 0.717) is 38.6 Å². The number of aromatic nitrogens is 1. The lowest BCUT2D eigenvalue weighted by Crippen LogP contribution is -2.20. The fourth-order valence-corrected chi connectivity index (χ4v) is 5.32. The van der Waals surface area contributed by atoms with Gasteiger partial charge in [0, 0.05) is 48.3 Å². The summed E-state index contributed by atoms with van der Waals surface area (Å²) >= 11 is 6.59. The molecule has 0 aliphatic heterocycles. The molecule has 0 saturated heterocycles. The molecule has 192 valence electrons. The van der Waals surface area contributed by atoms with Crippen LogP contribution >= 0.6 is 11.6 Å². The fourth-order valence-electron chi connectivity index (χ4n) is 4.53. The van der Waals surface area contributed by atoms with Crippen LogP contribution in [0.2, 0.25) is 5.15 Å². The number of hydrogen-bond donors (Lipinski definition) is 2. The minimum absolute atomic E-state index is 0.000812. The lowest BCUT2D eigenvalue weighted by atomic mass is 9.97. The highest BCUT2D eigenvalue weighted by atomic mass is 35.5. The Morgan fingerprint density at radius 3 is 2.51 bits per heavy atom. The van der Waals surface area contributed by atoms with E-state index in [1.54, 1.807) is 41.9 Å². The van der Waals surface area contributed by atoms with E-state index in [-0.39, 0.29) is 29.3 Å². The number of nitrogens with zero attached hydrogens (tertiary/aromatic N) is 2. The minimum atomic E-state index is -1.37. The molecule has 7 nitrogen and oxygen atoms in total. The van der Waals surface area contributed by atoms with Gasteiger partial charge in [-0.1, -0.05) is 17.7 Å².